The maximum atomic E-state index is 10.1. The third kappa shape index (κ3) is 7.84. The molecule has 0 aromatic carbocycles. The lowest BCUT2D eigenvalue weighted by Gasteiger charge is -2.20. The Morgan fingerprint density at radius 2 is 2.00 bits per heavy atom. The summed E-state index contributed by atoms with van der Waals surface area (Å²) < 4.78 is 5.04. The van der Waals surface area contributed by atoms with Crippen LogP contribution in [0, 0.1) is 5.21 Å². The maximum absolute atomic E-state index is 10.1. The Labute approximate surface area is 61.3 Å². The standard InChI is InChI=1S/C6H14NO3/c1-3-4-9-5-6-10-7(2)8/h3-6H2,1-2H3/q-1. The number of hydroxylamine groups is 2. The van der Waals surface area contributed by atoms with Crippen molar-refractivity contribution in [1.29, 1.82) is 0 Å². The Bertz CT molecular complexity index is 68.0. The number of hydrogen-bond donors (Lipinski definition) is 0. The molecule has 0 spiro atoms. The van der Waals surface area contributed by atoms with E-state index in [9.17, 15) is 5.21 Å². The molecule has 0 bridgehead atoms. The smallest absolute Gasteiger partial charge is 0.0906 e. The molecule has 0 saturated carbocycles. The van der Waals surface area contributed by atoms with Crippen LogP contribution in [0.4, 0.5) is 0 Å². The molecule has 0 aromatic heterocycles. The van der Waals surface area contributed by atoms with E-state index in [2.05, 4.69) is 4.84 Å². The third-order valence-corrected chi connectivity index (χ3v) is 0.849. The van der Waals surface area contributed by atoms with Gasteiger partial charge in [0.2, 0.25) is 0 Å². The fourth-order valence-electron chi connectivity index (χ4n) is 0.471. The topological polar surface area (TPSA) is 44.8 Å². The first-order valence-corrected chi connectivity index (χ1v) is 3.39. The second-order valence-corrected chi connectivity index (χ2v) is 1.89. The van der Waals surface area contributed by atoms with Gasteiger partial charge < -0.3 is 14.8 Å². The highest BCUT2D eigenvalue weighted by molar-refractivity contribution is 4.30. The van der Waals surface area contributed by atoms with Crippen LogP contribution < -0.4 is 0 Å². The van der Waals surface area contributed by atoms with E-state index in [-0.39, 0.29) is 0 Å². The van der Waals surface area contributed by atoms with Crippen molar-refractivity contribution < 1.29 is 9.57 Å². The highest BCUT2D eigenvalue weighted by Gasteiger charge is 1.85. The first kappa shape index (κ1) is 9.84. The highest BCUT2D eigenvalue weighted by Crippen LogP contribution is 1.83. The second-order valence-electron chi connectivity index (χ2n) is 1.89. The highest BCUT2D eigenvalue weighted by atomic mass is 16.9. The fraction of sp³-hybridized carbons (Fsp3) is 1.00. The molecule has 4 nitrogen and oxygen atoms in total. The monoisotopic (exact) mass is 148 g/mol. The minimum atomic E-state index is 0.333. The molecule has 0 aromatic rings. The Morgan fingerprint density at radius 3 is 2.50 bits per heavy atom. The molecule has 4 heteroatoms. The van der Waals surface area contributed by atoms with Gasteiger partial charge in [-0.1, -0.05) is 6.92 Å². The summed E-state index contributed by atoms with van der Waals surface area (Å²) in [4.78, 5) is 4.54. The summed E-state index contributed by atoms with van der Waals surface area (Å²) in [5.74, 6) is 0. The van der Waals surface area contributed by atoms with Crippen LogP contribution in [0.2, 0.25) is 0 Å². The van der Waals surface area contributed by atoms with Crippen molar-refractivity contribution in [2.45, 2.75) is 13.3 Å². The van der Waals surface area contributed by atoms with E-state index in [1.807, 2.05) is 6.92 Å². The SMILES string of the molecule is CCCOCCON(C)[O-]. The van der Waals surface area contributed by atoms with Gasteiger partial charge in [0.25, 0.3) is 0 Å². The lowest BCUT2D eigenvalue weighted by atomic mass is 10.5. The first-order chi connectivity index (χ1) is 4.77. The molecule has 0 rings (SSSR count). The molecule has 0 aliphatic rings. The van der Waals surface area contributed by atoms with Crippen molar-refractivity contribution in [3.05, 3.63) is 5.21 Å². The lowest BCUT2D eigenvalue weighted by Crippen LogP contribution is -2.14. The molecule has 0 aliphatic carbocycles. The molecule has 0 heterocycles. The molecule has 0 saturated heterocycles. The summed E-state index contributed by atoms with van der Waals surface area (Å²) >= 11 is 0. The third-order valence-electron chi connectivity index (χ3n) is 0.849. The summed E-state index contributed by atoms with van der Waals surface area (Å²) in [6, 6.07) is 0. The summed E-state index contributed by atoms with van der Waals surface area (Å²) in [6.45, 7) is 3.58. The van der Waals surface area contributed by atoms with E-state index in [4.69, 9.17) is 4.74 Å². The van der Waals surface area contributed by atoms with E-state index < -0.39 is 0 Å². The molecule has 0 aliphatic heterocycles. The molecular weight excluding hydrogens is 134 g/mol. The average Bonchev–Trinajstić information content (AvgIpc) is 1.87. The van der Waals surface area contributed by atoms with E-state index in [0.717, 1.165) is 13.0 Å². The van der Waals surface area contributed by atoms with Gasteiger partial charge in [0.15, 0.2) is 0 Å². The minimum Gasteiger partial charge on any atom is -0.762 e. The Balaban J connectivity index is 2.77. The number of hydrogen-bond acceptors (Lipinski definition) is 4. The number of ether oxygens (including phenoxy) is 1. The van der Waals surface area contributed by atoms with Gasteiger partial charge in [-0.15, -0.1) is 0 Å². The normalized spacial score (nSPS) is 10.8. The van der Waals surface area contributed by atoms with Crippen LogP contribution >= 0.6 is 0 Å². The molecular formula is C6H14NO3-. The summed E-state index contributed by atoms with van der Waals surface area (Å²) in [5.41, 5.74) is 0. The molecule has 0 atom stereocenters. The zero-order valence-corrected chi connectivity index (χ0v) is 6.50. The molecule has 0 amide bonds. The Morgan fingerprint density at radius 1 is 1.30 bits per heavy atom. The predicted molar refractivity (Wildman–Crippen MR) is 38.2 cm³/mol. The van der Waals surface area contributed by atoms with Crippen LogP contribution in [0.3, 0.4) is 0 Å². The van der Waals surface area contributed by atoms with E-state index in [1.165, 1.54) is 7.05 Å². The predicted octanol–water partition coefficient (Wildman–Crippen LogP) is 0.774. The van der Waals surface area contributed by atoms with Gasteiger partial charge in [-0.2, -0.15) is 0 Å². The second kappa shape index (κ2) is 6.95. The maximum Gasteiger partial charge on any atom is 0.0906 e. The van der Waals surface area contributed by atoms with E-state index in [1.54, 1.807) is 0 Å². The summed E-state index contributed by atoms with van der Waals surface area (Å²) in [7, 11) is 1.31. The zero-order chi connectivity index (χ0) is 7.82. The average molecular weight is 148 g/mol. The molecule has 0 unspecified atom stereocenters. The Hall–Kier alpha value is -0.160. The quantitative estimate of drug-likeness (QED) is 0.412. The van der Waals surface area contributed by atoms with Crippen molar-refractivity contribution in [1.82, 2.24) is 5.23 Å². The van der Waals surface area contributed by atoms with Gasteiger partial charge in [0, 0.05) is 6.61 Å². The van der Waals surface area contributed by atoms with Crippen molar-refractivity contribution in [2.24, 2.45) is 0 Å². The molecule has 0 fully saturated rings. The largest absolute Gasteiger partial charge is 0.762 e. The van der Waals surface area contributed by atoms with Crippen LogP contribution in [0.1, 0.15) is 13.3 Å². The van der Waals surface area contributed by atoms with Crippen molar-refractivity contribution >= 4 is 0 Å². The van der Waals surface area contributed by atoms with Gasteiger partial charge in [-0.05, 0) is 13.5 Å². The van der Waals surface area contributed by atoms with Crippen molar-refractivity contribution in [3.63, 3.8) is 0 Å². The van der Waals surface area contributed by atoms with Gasteiger partial charge >= 0.3 is 0 Å². The minimum absolute atomic E-state index is 0.333. The molecule has 0 N–H and O–H groups in total. The molecule has 10 heavy (non-hydrogen) atoms. The summed E-state index contributed by atoms with van der Waals surface area (Å²) in [6.07, 6.45) is 0.993. The molecule has 0 radical (unpaired) electrons. The van der Waals surface area contributed by atoms with Crippen LogP contribution in [-0.2, 0) is 9.57 Å². The van der Waals surface area contributed by atoms with Crippen LogP contribution in [0.25, 0.3) is 0 Å². The van der Waals surface area contributed by atoms with E-state index >= 15 is 0 Å². The number of nitrogens with zero attached hydrogens (tertiary/aromatic N) is 1. The zero-order valence-electron chi connectivity index (χ0n) is 6.50. The van der Waals surface area contributed by atoms with Gasteiger partial charge in [-0.25, -0.2) is 0 Å². The van der Waals surface area contributed by atoms with E-state index in [0.29, 0.717) is 18.4 Å². The van der Waals surface area contributed by atoms with Gasteiger partial charge in [0.1, 0.15) is 0 Å². The lowest BCUT2D eigenvalue weighted by molar-refractivity contribution is -0.116. The van der Waals surface area contributed by atoms with Crippen LogP contribution in [0.5, 0.6) is 0 Å². The van der Waals surface area contributed by atoms with Crippen LogP contribution in [0.15, 0.2) is 0 Å². The number of rotatable bonds is 6. The van der Waals surface area contributed by atoms with Gasteiger partial charge in [0.05, 0.1) is 13.2 Å². The first-order valence-electron chi connectivity index (χ1n) is 3.39. The van der Waals surface area contributed by atoms with Crippen molar-refractivity contribution in [2.75, 3.05) is 26.9 Å². The van der Waals surface area contributed by atoms with Crippen molar-refractivity contribution in [3.8, 4) is 0 Å². The molecule has 62 valence electrons. The summed E-state index contributed by atoms with van der Waals surface area (Å²) in [5, 5.41) is 10.5. The van der Waals surface area contributed by atoms with Crippen LogP contribution in [-0.4, -0.2) is 32.1 Å². The van der Waals surface area contributed by atoms with Gasteiger partial charge in [-0.3, -0.25) is 5.23 Å². The fourth-order valence-corrected chi connectivity index (χ4v) is 0.471. The Kier molecular flexibility index (Phi) is 6.84.